The zero-order valence-electron chi connectivity index (χ0n) is 17.0. The van der Waals surface area contributed by atoms with E-state index in [0.29, 0.717) is 11.8 Å². The molecule has 5 heteroatoms. The van der Waals surface area contributed by atoms with Gasteiger partial charge in [0.2, 0.25) is 0 Å². The maximum atomic E-state index is 12.8. The Morgan fingerprint density at radius 2 is 1.69 bits per heavy atom. The Hall–Kier alpha value is -2.27. The van der Waals surface area contributed by atoms with Crippen LogP contribution in [-0.2, 0) is 14.3 Å². The molecule has 1 aliphatic rings. The van der Waals surface area contributed by atoms with Gasteiger partial charge in [-0.05, 0) is 36.0 Å². The van der Waals surface area contributed by atoms with Crippen molar-refractivity contribution < 1.29 is 14.3 Å². The van der Waals surface area contributed by atoms with Crippen molar-refractivity contribution in [3.05, 3.63) is 66.2 Å². The number of hydrogen-bond donors (Lipinski definition) is 1. The van der Waals surface area contributed by atoms with Gasteiger partial charge in [0.25, 0.3) is 5.91 Å². The molecule has 1 amide bonds. The molecule has 1 N–H and O–H groups in total. The van der Waals surface area contributed by atoms with Crippen molar-refractivity contribution in [3.8, 4) is 0 Å². The molecule has 1 fully saturated rings. The van der Waals surface area contributed by atoms with Gasteiger partial charge in [-0.3, -0.25) is 9.59 Å². The molecule has 2 aromatic rings. The normalized spacial score (nSPS) is 22.5. The Labute approximate surface area is 177 Å². The molecule has 0 aliphatic heterocycles. The molecule has 0 heterocycles. The van der Waals surface area contributed by atoms with Crippen LogP contribution in [0.15, 0.2) is 65.6 Å². The number of amides is 1. The summed E-state index contributed by atoms with van der Waals surface area (Å²) in [4.78, 5) is 26.2. The highest BCUT2D eigenvalue weighted by Gasteiger charge is 2.29. The summed E-state index contributed by atoms with van der Waals surface area (Å²) in [5, 5.41) is 2.55. The lowest BCUT2D eigenvalue weighted by atomic mass is 9.78. The minimum absolute atomic E-state index is 0.161. The summed E-state index contributed by atoms with van der Waals surface area (Å²) in [6.45, 7) is 4.17. The predicted octanol–water partition coefficient (Wildman–Crippen LogP) is 5.00. The van der Waals surface area contributed by atoms with E-state index in [9.17, 15) is 9.59 Å². The van der Waals surface area contributed by atoms with E-state index in [2.05, 4.69) is 19.2 Å². The predicted molar refractivity (Wildman–Crippen MR) is 117 cm³/mol. The fourth-order valence-electron chi connectivity index (χ4n) is 3.76. The highest BCUT2D eigenvalue weighted by atomic mass is 32.2. The van der Waals surface area contributed by atoms with E-state index < -0.39 is 11.2 Å². The Balaban J connectivity index is 1.60. The van der Waals surface area contributed by atoms with Gasteiger partial charge in [-0.25, -0.2) is 0 Å². The number of thioether (sulfide) groups is 1. The standard InChI is InChI=1S/C24H29NO3S/c1-17-10-9-15-21(18(17)2)25-22(26)16-28-24(27)23(19-11-5-3-6-12-19)29-20-13-7-4-8-14-20/h3-8,11-14,17-18,21,23H,9-10,15-16H2,1-2H3,(H,25,26). The quantitative estimate of drug-likeness (QED) is 0.514. The van der Waals surface area contributed by atoms with Crippen LogP contribution in [0.2, 0.25) is 0 Å². The zero-order chi connectivity index (χ0) is 20.6. The van der Waals surface area contributed by atoms with Crippen LogP contribution in [0.3, 0.4) is 0 Å². The summed E-state index contributed by atoms with van der Waals surface area (Å²) < 4.78 is 5.42. The Bertz CT molecular complexity index is 796. The summed E-state index contributed by atoms with van der Waals surface area (Å²) in [7, 11) is 0. The third-order valence-corrected chi connectivity index (χ3v) is 6.96. The molecule has 1 aliphatic carbocycles. The van der Waals surface area contributed by atoms with Crippen LogP contribution in [0, 0.1) is 11.8 Å². The number of carbonyl (C=O) groups excluding carboxylic acids is 2. The van der Waals surface area contributed by atoms with Crippen LogP contribution in [0.5, 0.6) is 0 Å². The number of esters is 1. The molecule has 0 saturated heterocycles. The molecule has 0 spiro atoms. The fourth-order valence-corrected chi connectivity index (χ4v) is 4.81. The van der Waals surface area contributed by atoms with E-state index in [-0.39, 0.29) is 18.6 Å². The van der Waals surface area contributed by atoms with Crippen molar-refractivity contribution in [2.24, 2.45) is 11.8 Å². The average Bonchev–Trinajstić information content (AvgIpc) is 2.75. The third kappa shape index (κ3) is 6.10. The monoisotopic (exact) mass is 411 g/mol. The number of rotatable bonds is 7. The van der Waals surface area contributed by atoms with Crippen molar-refractivity contribution >= 4 is 23.6 Å². The lowest BCUT2D eigenvalue weighted by Gasteiger charge is -2.34. The molecule has 4 nitrogen and oxygen atoms in total. The van der Waals surface area contributed by atoms with Crippen molar-refractivity contribution in [2.45, 2.75) is 49.3 Å². The minimum atomic E-state index is -0.514. The van der Waals surface area contributed by atoms with Gasteiger partial charge in [0, 0.05) is 10.9 Å². The van der Waals surface area contributed by atoms with Gasteiger partial charge < -0.3 is 10.1 Å². The van der Waals surface area contributed by atoms with Gasteiger partial charge in [-0.1, -0.05) is 75.2 Å². The second-order valence-corrected chi connectivity index (χ2v) is 8.95. The molecule has 3 rings (SSSR count). The smallest absolute Gasteiger partial charge is 0.324 e. The van der Waals surface area contributed by atoms with E-state index in [1.807, 2.05) is 60.7 Å². The highest BCUT2D eigenvalue weighted by molar-refractivity contribution is 8.00. The lowest BCUT2D eigenvalue weighted by molar-refractivity contribution is -0.148. The maximum Gasteiger partial charge on any atom is 0.324 e. The number of benzene rings is 2. The first kappa shape index (κ1) is 21.4. The minimum Gasteiger partial charge on any atom is -0.454 e. The molecule has 4 atom stereocenters. The topological polar surface area (TPSA) is 55.4 Å². The van der Waals surface area contributed by atoms with E-state index >= 15 is 0 Å². The van der Waals surface area contributed by atoms with Gasteiger partial charge in [0.1, 0.15) is 5.25 Å². The first-order chi connectivity index (χ1) is 14.0. The van der Waals surface area contributed by atoms with Crippen molar-refractivity contribution in [1.29, 1.82) is 0 Å². The molecule has 1 saturated carbocycles. The SMILES string of the molecule is CC1CCCC(NC(=O)COC(=O)C(Sc2ccccc2)c2ccccc2)C1C. The molecule has 0 aromatic heterocycles. The number of ether oxygens (including phenoxy) is 1. The van der Waals surface area contributed by atoms with Gasteiger partial charge in [-0.2, -0.15) is 0 Å². The molecule has 154 valence electrons. The Morgan fingerprint density at radius 3 is 2.38 bits per heavy atom. The van der Waals surface area contributed by atoms with Gasteiger partial charge >= 0.3 is 5.97 Å². The van der Waals surface area contributed by atoms with E-state index in [1.165, 1.54) is 18.2 Å². The zero-order valence-corrected chi connectivity index (χ0v) is 17.9. The van der Waals surface area contributed by atoms with Crippen LogP contribution in [0.4, 0.5) is 0 Å². The second kappa shape index (κ2) is 10.5. The molecular weight excluding hydrogens is 382 g/mol. The number of nitrogens with one attached hydrogen (secondary N) is 1. The van der Waals surface area contributed by atoms with Crippen molar-refractivity contribution in [2.75, 3.05) is 6.61 Å². The van der Waals surface area contributed by atoms with Gasteiger partial charge in [0.15, 0.2) is 6.61 Å². The van der Waals surface area contributed by atoms with E-state index in [1.54, 1.807) is 0 Å². The summed E-state index contributed by atoms with van der Waals surface area (Å²) >= 11 is 1.43. The third-order valence-electron chi connectivity index (χ3n) is 5.71. The molecule has 0 radical (unpaired) electrons. The summed E-state index contributed by atoms with van der Waals surface area (Å²) in [6, 6.07) is 19.5. The largest absolute Gasteiger partial charge is 0.454 e. The number of carbonyl (C=O) groups is 2. The fraction of sp³-hybridized carbons (Fsp3) is 0.417. The van der Waals surface area contributed by atoms with E-state index in [0.717, 1.165) is 23.3 Å². The molecule has 0 bridgehead atoms. The maximum absolute atomic E-state index is 12.8. The summed E-state index contributed by atoms with van der Waals surface area (Å²) in [5.74, 6) is 0.418. The Kier molecular flexibility index (Phi) is 7.76. The second-order valence-electron chi connectivity index (χ2n) is 7.77. The number of hydrogen-bond acceptors (Lipinski definition) is 4. The van der Waals surface area contributed by atoms with E-state index in [4.69, 9.17) is 4.74 Å². The summed E-state index contributed by atoms with van der Waals surface area (Å²) in [5.41, 5.74) is 0.862. The van der Waals surface area contributed by atoms with Crippen LogP contribution >= 0.6 is 11.8 Å². The average molecular weight is 412 g/mol. The van der Waals surface area contributed by atoms with Crippen LogP contribution in [0.25, 0.3) is 0 Å². The first-order valence-corrected chi connectivity index (χ1v) is 11.1. The molecule has 2 aromatic carbocycles. The lowest BCUT2D eigenvalue weighted by Crippen LogP contribution is -2.45. The van der Waals surface area contributed by atoms with Gasteiger partial charge in [-0.15, -0.1) is 11.8 Å². The first-order valence-electron chi connectivity index (χ1n) is 10.3. The summed E-state index contributed by atoms with van der Waals surface area (Å²) in [6.07, 6.45) is 3.32. The highest BCUT2D eigenvalue weighted by Crippen LogP contribution is 2.36. The van der Waals surface area contributed by atoms with Crippen molar-refractivity contribution in [1.82, 2.24) is 5.32 Å². The van der Waals surface area contributed by atoms with Crippen molar-refractivity contribution in [3.63, 3.8) is 0 Å². The molecular formula is C24H29NO3S. The Morgan fingerprint density at radius 1 is 1.03 bits per heavy atom. The molecule has 29 heavy (non-hydrogen) atoms. The molecule has 4 unspecified atom stereocenters. The van der Waals surface area contributed by atoms with Crippen LogP contribution in [0.1, 0.15) is 43.9 Å². The van der Waals surface area contributed by atoms with Crippen LogP contribution in [-0.4, -0.2) is 24.5 Å². The van der Waals surface area contributed by atoms with Gasteiger partial charge in [0.05, 0.1) is 0 Å². The van der Waals surface area contributed by atoms with Crippen LogP contribution < -0.4 is 5.32 Å².